The van der Waals surface area contributed by atoms with Crippen molar-refractivity contribution in [2.45, 2.75) is 63.5 Å². The Morgan fingerprint density at radius 2 is 1.94 bits per heavy atom. The third-order valence-electron chi connectivity index (χ3n) is 5.94. The van der Waals surface area contributed by atoms with Crippen LogP contribution in [0, 0.1) is 11.3 Å². The third-order valence-corrected chi connectivity index (χ3v) is 5.94. The quantitative estimate of drug-likeness (QED) is 0.492. The van der Waals surface area contributed by atoms with Crippen LogP contribution in [0.15, 0.2) is 18.5 Å². The average Bonchev–Trinajstić information content (AvgIpc) is 3.33. The van der Waals surface area contributed by atoms with Gasteiger partial charge in [0.25, 0.3) is 5.91 Å². The van der Waals surface area contributed by atoms with Crippen LogP contribution >= 0.6 is 0 Å². The molecule has 1 aliphatic carbocycles. The summed E-state index contributed by atoms with van der Waals surface area (Å²) in [6, 6.07) is 4.40. The summed E-state index contributed by atoms with van der Waals surface area (Å²) in [5, 5.41) is 30.3. The number of rotatable bonds is 8. The van der Waals surface area contributed by atoms with Gasteiger partial charge in [0.1, 0.15) is 11.9 Å². The van der Waals surface area contributed by atoms with E-state index in [1.807, 2.05) is 6.07 Å². The average molecular weight is 436 g/mol. The first-order chi connectivity index (χ1) is 15.7. The molecule has 1 amide bonds. The van der Waals surface area contributed by atoms with Crippen LogP contribution in [0.3, 0.4) is 0 Å². The lowest BCUT2D eigenvalue weighted by Gasteiger charge is -2.23. The molecule has 0 radical (unpaired) electrons. The van der Waals surface area contributed by atoms with Gasteiger partial charge in [-0.25, -0.2) is 9.97 Å². The SMILES string of the molecule is N#Cc1cnc(Nc2cc(NCCC3CCCCN3)c(C(=O)NC3CCCC3)nn2)cn1. The number of amides is 1. The van der Waals surface area contributed by atoms with Gasteiger partial charge in [-0.2, -0.15) is 5.26 Å². The molecule has 1 saturated carbocycles. The Kier molecular flexibility index (Phi) is 7.40. The topological polar surface area (TPSA) is 141 Å². The van der Waals surface area contributed by atoms with Crippen LogP contribution in [-0.2, 0) is 0 Å². The van der Waals surface area contributed by atoms with Gasteiger partial charge in [0, 0.05) is 24.7 Å². The van der Waals surface area contributed by atoms with Gasteiger partial charge in [-0.05, 0) is 38.6 Å². The molecule has 10 heteroatoms. The highest BCUT2D eigenvalue weighted by Gasteiger charge is 2.22. The first kappa shape index (κ1) is 21.9. The Labute approximate surface area is 187 Å². The summed E-state index contributed by atoms with van der Waals surface area (Å²) in [7, 11) is 0. The highest BCUT2D eigenvalue weighted by atomic mass is 16.2. The summed E-state index contributed by atoms with van der Waals surface area (Å²) in [6.07, 6.45) is 11.8. The van der Waals surface area contributed by atoms with E-state index in [4.69, 9.17) is 5.26 Å². The molecule has 1 unspecified atom stereocenters. The summed E-state index contributed by atoms with van der Waals surface area (Å²) in [4.78, 5) is 21.0. The molecule has 0 spiro atoms. The van der Waals surface area contributed by atoms with Gasteiger partial charge in [0.15, 0.2) is 17.2 Å². The van der Waals surface area contributed by atoms with Gasteiger partial charge in [-0.15, -0.1) is 10.2 Å². The minimum Gasteiger partial charge on any atom is -0.383 e. The first-order valence-electron chi connectivity index (χ1n) is 11.4. The lowest BCUT2D eigenvalue weighted by Crippen LogP contribution is -2.36. The second kappa shape index (κ2) is 10.8. The van der Waals surface area contributed by atoms with E-state index < -0.39 is 0 Å². The van der Waals surface area contributed by atoms with Crippen molar-refractivity contribution in [1.29, 1.82) is 5.26 Å². The molecule has 10 nitrogen and oxygen atoms in total. The monoisotopic (exact) mass is 435 g/mol. The van der Waals surface area contributed by atoms with E-state index in [0.29, 0.717) is 29.1 Å². The minimum absolute atomic E-state index is 0.201. The van der Waals surface area contributed by atoms with Crippen LogP contribution in [0.2, 0.25) is 0 Å². The second-order valence-electron chi connectivity index (χ2n) is 8.33. The van der Waals surface area contributed by atoms with E-state index >= 15 is 0 Å². The van der Waals surface area contributed by atoms with Crippen molar-refractivity contribution >= 4 is 23.2 Å². The van der Waals surface area contributed by atoms with Crippen LogP contribution in [0.5, 0.6) is 0 Å². The Morgan fingerprint density at radius 3 is 2.66 bits per heavy atom. The van der Waals surface area contributed by atoms with Crippen LogP contribution < -0.4 is 21.3 Å². The fourth-order valence-electron chi connectivity index (χ4n) is 4.21. The number of anilines is 3. The van der Waals surface area contributed by atoms with Crippen LogP contribution in [0.4, 0.5) is 17.3 Å². The maximum absolute atomic E-state index is 12.9. The van der Waals surface area contributed by atoms with Gasteiger partial charge < -0.3 is 21.3 Å². The lowest BCUT2D eigenvalue weighted by molar-refractivity contribution is 0.0932. The largest absolute Gasteiger partial charge is 0.383 e. The van der Waals surface area contributed by atoms with E-state index in [9.17, 15) is 4.79 Å². The molecular weight excluding hydrogens is 406 g/mol. The predicted octanol–water partition coefficient (Wildman–Crippen LogP) is 2.50. The number of aromatic nitrogens is 4. The molecule has 2 aromatic heterocycles. The molecule has 4 rings (SSSR count). The van der Waals surface area contributed by atoms with Crippen molar-refractivity contribution in [2.24, 2.45) is 0 Å². The zero-order valence-electron chi connectivity index (χ0n) is 18.1. The molecule has 2 fully saturated rings. The summed E-state index contributed by atoms with van der Waals surface area (Å²) < 4.78 is 0. The minimum atomic E-state index is -0.201. The normalized spacial score (nSPS) is 18.7. The Bertz CT molecular complexity index is 945. The molecule has 168 valence electrons. The van der Waals surface area contributed by atoms with E-state index in [0.717, 1.165) is 45.2 Å². The number of carbonyl (C=O) groups excluding carboxylic acids is 1. The number of hydrogen-bond donors (Lipinski definition) is 4. The number of carbonyl (C=O) groups is 1. The van der Waals surface area contributed by atoms with E-state index in [2.05, 4.69) is 41.4 Å². The van der Waals surface area contributed by atoms with Crippen LogP contribution in [0.25, 0.3) is 0 Å². The van der Waals surface area contributed by atoms with E-state index in [-0.39, 0.29) is 17.6 Å². The zero-order chi connectivity index (χ0) is 22.2. The molecule has 2 aromatic rings. The Morgan fingerprint density at radius 1 is 1.09 bits per heavy atom. The standard InChI is InChI=1S/C22H29N9O/c23-12-17-13-27-20(14-26-17)29-19-11-18(25-10-8-15-5-3-4-9-24-15)21(31-30-19)22(32)28-16-6-1-2-7-16/h11,13-16,24H,1-10H2,(H,28,32)(H2,25,27,29,30). The number of nitriles is 1. The summed E-state index contributed by atoms with van der Waals surface area (Å²) in [6.45, 7) is 1.79. The molecule has 3 heterocycles. The van der Waals surface area contributed by atoms with Gasteiger partial charge >= 0.3 is 0 Å². The Balaban J connectivity index is 1.46. The summed E-state index contributed by atoms with van der Waals surface area (Å²) in [5.41, 5.74) is 1.17. The summed E-state index contributed by atoms with van der Waals surface area (Å²) >= 11 is 0. The maximum Gasteiger partial charge on any atom is 0.274 e. The third kappa shape index (κ3) is 5.88. The second-order valence-corrected chi connectivity index (χ2v) is 8.33. The van der Waals surface area contributed by atoms with Crippen molar-refractivity contribution in [1.82, 2.24) is 30.8 Å². The van der Waals surface area contributed by atoms with Crippen LogP contribution in [0.1, 0.15) is 67.5 Å². The van der Waals surface area contributed by atoms with Gasteiger partial charge in [0.05, 0.1) is 18.1 Å². The molecule has 1 atom stereocenters. The zero-order valence-corrected chi connectivity index (χ0v) is 18.1. The highest BCUT2D eigenvalue weighted by molar-refractivity contribution is 5.98. The van der Waals surface area contributed by atoms with Gasteiger partial charge in [-0.3, -0.25) is 4.79 Å². The van der Waals surface area contributed by atoms with Crippen molar-refractivity contribution in [2.75, 3.05) is 23.7 Å². The van der Waals surface area contributed by atoms with Crippen molar-refractivity contribution < 1.29 is 4.79 Å². The molecular formula is C22H29N9O. The number of nitrogens with zero attached hydrogens (tertiary/aromatic N) is 5. The number of piperidine rings is 1. The lowest BCUT2D eigenvalue weighted by atomic mass is 10.0. The first-order valence-corrected chi connectivity index (χ1v) is 11.4. The molecule has 1 aliphatic heterocycles. The molecule has 0 aromatic carbocycles. The molecule has 0 bridgehead atoms. The van der Waals surface area contributed by atoms with Crippen molar-refractivity contribution in [3.8, 4) is 6.07 Å². The molecule has 1 saturated heterocycles. The van der Waals surface area contributed by atoms with Crippen LogP contribution in [-0.4, -0.2) is 51.2 Å². The molecule has 2 aliphatic rings. The molecule has 4 N–H and O–H groups in total. The smallest absolute Gasteiger partial charge is 0.274 e. The van der Waals surface area contributed by atoms with Gasteiger partial charge in [-0.1, -0.05) is 19.3 Å². The number of hydrogen-bond acceptors (Lipinski definition) is 9. The van der Waals surface area contributed by atoms with E-state index in [1.54, 1.807) is 6.07 Å². The maximum atomic E-state index is 12.9. The van der Waals surface area contributed by atoms with Crippen molar-refractivity contribution in [3.05, 3.63) is 29.8 Å². The highest BCUT2D eigenvalue weighted by Crippen LogP contribution is 2.22. The van der Waals surface area contributed by atoms with Crippen molar-refractivity contribution in [3.63, 3.8) is 0 Å². The summed E-state index contributed by atoms with van der Waals surface area (Å²) in [5.74, 6) is 0.686. The fraction of sp³-hybridized carbons (Fsp3) is 0.545. The van der Waals surface area contributed by atoms with E-state index in [1.165, 1.54) is 31.7 Å². The molecule has 32 heavy (non-hydrogen) atoms. The van der Waals surface area contributed by atoms with Gasteiger partial charge in [0.2, 0.25) is 0 Å². The Hall–Kier alpha value is -3.32. The fourth-order valence-corrected chi connectivity index (χ4v) is 4.21. The number of nitrogens with one attached hydrogen (secondary N) is 4. The predicted molar refractivity (Wildman–Crippen MR) is 121 cm³/mol.